The molecule has 2 rings (SSSR count). The van der Waals surface area contributed by atoms with Crippen LogP contribution in [0, 0.1) is 13.8 Å². The third-order valence-corrected chi connectivity index (χ3v) is 5.57. The highest BCUT2D eigenvalue weighted by molar-refractivity contribution is 7.89. The van der Waals surface area contributed by atoms with E-state index in [4.69, 9.17) is 9.26 Å². The van der Waals surface area contributed by atoms with Crippen LogP contribution < -0.4 is 10.0 Å². The van der Waals surface area contributed by atoms with Crippen LogP contribution in [0.4, 0.5) is 5.69 Å². The molecule has 28 heavy (non-hydrogen) atoms. The molecule has 0 saturated carbocycles. The largest absolute Gasteiger partial charge is 0.456 e. The average molecular weight is 409 g/mol. The van der Waals surface area contributed by atoms with E-state index >= 15 is 0 Å². The zero-order valence-electron chi connectivity index (χ0n) is 15.9. The molecular weight excluding hydrogens is 386 g/mol. The number of aryl methyl sites for hydroxylation is 3. The van der Waals surface area contributed by atoms with Crippen molar-refractivity contribution in [3.63, 3.8) is 0 Å². The topological polar surface area (TPSA) is 128 Å². The van der Waals surface area contributed by atoms with Gasteiger partial charge in [-0.3, -0.25) is 9.59 Å². The normalized spacial score (nSPS) is 11.2. The van der Waals surface area contributed by atoms with Gasteiger partial charge in [0.25, 0.3) is 5.91 Å². The summed E-state index contributed by atoms with van der Waals surface area (Å²) in [5.74, 6) is -1.01. The molecule has 0 spiro atoms. The number of nitrogens with one attached hydrogen (secondary N) is 2. The first-order chi connectivity index (χ1) is 13.2. The van der Waals surface area contributed by atoms with E-state index in [2.05, 4.69) is 15.2 Å². The summed E-state index contributed by atoms with van der Waals surface area (Å²) in [6.07, 6.45) is 0.674. The van der Waals surface area contributed by atoms with Gasteiger partial charge in [-0.25, -0.2) is 13.1 Å². The van der Waals surface area contributed by atoms with Crippen molar-refractivity contribution < 1.29 is 27.3 Å². The van der Waals surface area contributed by atoms with E-state index in [0.29, 0.717) is 5.69 Å². The molecule has 1 heterocycles. The second-order valence-corrected chi connectivity index (χ2v) is 7.76. The second-order valence-electron chi connectivity index (χ2n) is 6.06. The van der Waals surface area contributed by atoms with Gasteiger partial charge in [-0.15, -0.1) is 0 Å². The highest BCUT2D eigenvalue weighted by atomic mass is 32.2. The van der Waals surface area contributed by atoms with Gasteiger partial charge in [0.1, 0.15) is 10.6 Å². The van der Waals surface area contributed by atoms with Crippen LogP contribution in [0.2, 0.25) is 0 Å². The van der Waals surface area contributed by atoms with Gasteiger partial charge in [0.15, 0.2) is 12.4 Å². The minimum absolute atomic E-state index is 0.0469. The summed E-state index contributed by atoms with van der Waals surface area (Å²) in [5.41, 5.74) is 1.98. The Labute approximate surface area is 163 Å². The maximum atomic E-state index is 12.2. The SMILES string of the molecule is CCc1ccc(NC(=O)COC(=O)CCNS(=O)(=O)c2c(C)noc2C)cc1. The molecule has 0 aliphatic rings. The molecule has 1 aromatic heterocycles. The number of aromatic nitrogens is 1. The lowest BCUT2D eigenvalue weighted by Crippen LogP contribution is -2.28. The van der Waals surface area contributed by atoms with Crippen LogP contribution in [-0.4, -0.2) is 38.6 Å². The van der Waals surface area contributed by atoms with Crippen LogP contribution >= 0.6 is 0 Å². The Balaban J connectivity index is 1.74. The minimum atomic E-state index is -3.85. The van der Waals surface area contributed by atoms with Gasteiger partial charge in [0.2, 0.25) is 10.0 Å². The fourth-order valence-corrected chi connectivity index (χ4v) is 3.81. The standard InChI is InChI=1S/C18H23N3O6S/c1-4-14-5-7-15(8-6-14)20-16(22)11-26-17(23)9-10-19-28(24,25)18-12(2)21-27-13(18)3/h5-8,19H,4,9-11H2,1-3H3,(H,20,22). The van der Waals surface area contributed by atoms with Gasteiger partial charge in [0, 0.05) is 12.2 Å². The summed E-state index contributed by atoms with van der Waals surface area (Å²) >= 11 is 0. The zero-order chi connectivity index (χ0) is 20.7. The number of esters is 1. The maximum Gasteiger partial charge on any atom is 0.307 e. The summed E-state index contributed by atoms with van der Waals surface area (Å²) in [5, 5.41) is 6.20. The first-order valence-electron chi connectivity index (χ1n) is 8.70. The van der Waals surface area contributed by atoms with Gasteiger partial charge >= 0.3 is 5.97 Å². The third-order valence-electron chi connectivity index (χ3n) is 3.87. The highest BCUT2D eigenvalue weighted by Crippen LogP contribution is 2.18. The number of carbonyl (C=O) groups excluding carboxylic acids is 2. The number of carbonyl (C=O) groups is 2. The molecule has 1 aromatic carbocycles. The quantitative estimate of drug-likeness (QED) is 0.603. The summed E-state index contributed by atoms with van der Waals surface area (Å²) in [6.45, 7) is 4.39. The van der Waals surface area contributed by atoms with E-state index in [1.54, 1.807) is 12.1 Å². The van der Waals surface area contributed by atoms with Crippen molar-refractivity contribution in [1.82, 2.24) is 9.88 Å². The van der Waals surface area contributed by atoms with Crippen molar-refractivity contribution >= 4 is 27.6 Å². The lowest BCUT2D eigenvalue weighted by molar-refractivity contribution is -0.147. The van der Waals surface area contributed by atoms with Gasteiger partial charge in [-0.05, 0) is 38.0 Å². The van der Waals surface area contributed by atoms with Crippen molar-refractivity contribution in [2.75, 3.05) is 18.5 Å². The molecule has 0 radical (unpaired) electrons. The smallest absolute Gasteiger partial charge is 0.307 e. The molecule has 0 fully saturated rings. The summed E-state index contributed by atoms with van der Waals surface area (Å²) in [7, 11) is -3.85. The first-order valence-corrected chi connectivity index (χ1v) is 10.2. The Hall–Kier alpha value is -2.72. The molecular formula is C18H23N3O6S. The van der Waals surface area contributed by atoms with E-state index in [9.17, 15) is 18.0 Å². The number of sulfonamides is 1. The van der Waals surface area contributed by atoms with E-state index in [1.165, 1.54) is 13.8 Å². The van der Waals surface area contributed by atoms with Crippen LogP contribution in [0.5, 0.6) is 0 Å². The van der Waals surface area contributed by atoms with E-state index in [0.717, 1.165) is 12.0 Å². The van der Waals surface area contributed by atoms with E-state index in [1.807, 2.05) is 19.1 Å². The van der Waals surface area contributed by atoms with E-state index < -0.39 is 28.5 Å². The molecule has 0 aliphatic heterocycles. The third kappa shape index (κ3) is 5.89. The van der Waals surface area contributed by atoms with Crippen molar-refractivity contribution in [2.45, 2.75) is 38.5 Å². The van der Waals surface area contributed by atoms with Crippen LogP contribution in [0.15, 0.2) is 33.7 Å². The van der Waals surface area contributed by atoms with Gasteiger partial charge in [0.05, 0.1) is 6.42 Å². The van der Waals surface area contributed by atoms with Crippen LogP contribution in [-0.2, 0) is 30.8 Å². The van der Waals surface area contributed by atoms with Crippen molar-refractivity contribution in [1.29, 1.82) is 0 Å². The Morgan fingerprint density at radius 3 is 2.43 bits per heavy atom. The Kier molecular flexibility index (Phi) is 7.30. The number of nitrogens with zero attached hydrogens (tertiary/aromatic N) is 1. The molecule has 0 aliphatic carbocycles. The molecule has 1 amide bonds. The molecule has 0 atom stereocenters. The van der Waals surface area contributed by atoms with Crippen molar-refractivity contribution in [3.8, 4) is 0 Å². The predicted molar refractivity (Wildman–Crippen MR) is 101 cm³/mol. The van der Waals surface area contributed by atoms with Gasteiger partial charge in [-0.1, -0.05) is 24.2 Å². The number of hydrogen-bond donors (Lipinski definition) is 2. The van der Waals surface area contributed by atoms with Crippen LogP contribution in [0.25, 0.3) is 0 Å². The Bertz CT molecular complexity index is 915. The number of anilines is 1. The second kappa shape index (κ2) is 9.47. The van der Waals surface area contributed by atoms with Gasteiger partial charge < -0.3 is 14.6 Å². The lowest BCUT2D eigenvalue weighted by atomic mass is 10.1. The summed E-state index contributed by atoms with van der Waals surface area (Å²) < 4.78 is 36.4. The lowest BCUT2D eigenvalue weighted by Gasteiger charge is -2.08. The fraction of sp³-hybridized carbons (Fsp3) is 0.389. The number of hydrogen-bond acceptors (Lipinski definition) is 7. The highest BCUT2D eigenvalue weighted by Gasteiger charge is 2.24. The monoisotopic (exact) mass is 409 g/mol. The van der Waals surface area contributed by atoms with Gasteiger partial charge in [-0.2, -0.15) is 0 Å². The number of benzene rings is 1. The fourth-order valence-electron chi connectivity index (χ4n) is 2.46. The van der Waals surface area contributed by atoms with Crippen molar-refractivity contribution in [2.24, 2.45) is 0 Å². The number of ether oxygens (including phenoxy) is 1. The number of rotatable bonds is 9. The summed E-state index contributed by atoms with van der Waals surface area (Å²) in [4.78, 5) is 23.5. The molecule has 9 nitrogen and oxygen atoms in total. The Morgan fingerprint density at radius 1 is 1.18 bits per heavy atom. The zero-order valence-corrected chi connectivity index (χ0v) is 16.8. The first kappa shape index (κ1) is 21.6. The molecule has 0 bridgehead atoms. The van der Waals surface area contributed by atoms with Crippen LogP contribution in [0.3, 0.4) is 0 Å². The van der Waals surface area contributed by atoms with Crippen LogP contribution in [0.1, 0.15) is 30.4 Å². The molecule has 152 valence electrons. The predicted octanol–water partition coefficient (Wildman–Crippen LogP) is 1.70. The van der Waals surface area contributed by atoms with E-state index in [-0.39, 0.29) is 29.3 Å². The van der Waals surface area contributed by atoms with Crippen molar-refractivity contribution in [3.05, 3.63) is 41.3 Å². The minimum Gasteiger partial charge on any atom is -0.456 e. The summed E-state index contributed by atoms with van der Waals surface area (Å²) in [6, 6.07) is 7.32. The molecule has 10 heteroatoms. The molecule has 0 saturated heterocycles. The molecule has 2 aromatic rings. The number of amides is 1. The molecule has 0 unspecified atom stereocenters. The maximum absolute atomic E-state index is 12.2. The Morgan fingerprint density at radius 2 is 1.86 bits per heavy atom. The molecule has 2 N–H and O–H groups in total. The average Bonchev–Trinajstić information content (AvgIpc) is 2.99.